The molecule has 0 saturated heterocycles. The summed E-state index contributed by atoms with van der Waals surface area (Å²) in [6.07, 6.45) is -4.38. The summed E-state index contributed by atoms with van der Waals surface area (Å²) in [4.78, 5) is 12.6. The van der Waals surface area contributed by atoms with E-state index >= 15 is 0 Å². The highest BCUT2D eigenvalue weighted by molar-refractivity contribution is 7.09. The molecular weight excluding hydrogens is 301 g/mol. The largest absolute Gasteiger partial charge is 0.416 e. The van der Waals surface area contributed by atoms with Crippen molar-refractivity contribution in [3.8, 4) is 0 Å². The normalized spacial score (nSPS) is 11.2. The summed E-state index contributed by atoms with van der Waals surface area (Å²) in [5.41, 5.74) is -0.322. The van der Waals surface area contributed by atoms with Crippen LogP contribution in [0.4, 0.5) is 18.0 Å². The Morgan fingerprint density at radius 2 is 1.86 bits per heavy atom. The van der Waals surface area contributed by atoms with E-state index in [4.69, 9.17) is 0 Å². The third-order valence-electron chi connectivity index (χ3n) is 2.71. The quantitative estimate of drug-likeness (QED) is 0.886. The predicted octanol–water partition coefficient (Wildman–Crippen LogP) is 3.77. The molecule has 0 unspecified atom stereocenters. The smallest absolute Gasteiger partial charge is 0.334 e. The lowest BCUT2D eigenvalue weighted by Crippen LogP contribution is -2.34. The molecule has 0 spiro atoms. The van der Waals surface area contributed by atoms with E-state index in [1.165, 1.54) is 23.5 Å². The summed E-state index contributed by atoms with van der Waals surface area (Å²) in [5.74, 6) is 0. The number of amides is 2. The monoisotopic (exact) mass is 314 g/mol. The lowest BCUT2D eigenvalue weighted by molar-refractivity contribution is -0.137. The van der Waals surface area contributed by atoms with Crippen LogP contribution in [0.15, 0.2) is 41.8 Å². The van der Waals surface area contributed by atoms with Crippen LogP contribution in [0.5, 0.6) is 0 Å². The van der Waals surface area contributed by atoms with Gasteiger partial charge in [-0.3, -0.25) is 0 Å². The number of urea groups is 1. The van der Waals surface area contributed by atoms with Gasteiger partial charge >= 0.3 is 12.2 Å². The van der Waals surface area contributed by atoms with E-state index in [1.54, 1.807) is 0 Å². The second-order valence-electron chi connectivity index (χ2n) is 4.31. The molecule has 3 nitrogen and oxygen atoms in total. The zero-order valence-corrected chi connectivity index (χ0v) is 11.7. The second-order valence-corrected chi connectivity index (χ2v) is 5.35. The first kappa shape index (κ1) is 15.4. The maximum Gasteiger partial charge on any atom is 0.416 e. The fourth-order valence-corrected chi connectivity index (χ4v) is 2.33. The van der Waals surface area contributed by atoms with Crippen molar-refractivity contribution in [2.75, 3.05) is 0 Å². The Morgan fingerprint density at radius 3 is 2.52 bits per heavy atom. The van der Waals surface area contributed by atoms with Gasteiger partial charge in [0.2, 0.25) is 0 Å². The summed E-state index contributed by atoms with van der Waals surface area (Å²) in [7, 11) is 0. The second kappa shape index (κ2) is 6.62. The molecule has 0 bridgehead atoms. The molecule has 1 aromatic heterocycles. The number of carbonyl (C=O) groups excluding carboxylic acids is 1. The molecule has 112 valence electrons. The molecule has 0 radical (unpaired) electrons. The van der Waals surface area contributed by atoms with Crippen molar-refractivity contribution < 1.29 is 18.0 Å². The number of nitrogens with one attached hydrogen (secondary N) is 2. The Kier molecular flexibility index (Phi) is 4.85. The molecule has 1 aromatic carbocycles. The standard InChI is InChI=1S/C14H13F3N2OS/c15-14(16,17)11-4-1-3-10(7-11)8-18-13(20)19-9-12-5-2-6-21-12/h1-7H,8-9H2,(H2,18,19,20). The third kappa shape index (κ3) is 4.78. The van der Waals surface area contributed by atoms with Gasteiger partial charge in [0.15, 0.2) is 0 Å². The van der Waals surface area contributed by atoms with Crippen molar-refractivity contribution in [1.82, 2.24) is 10.6 Å². The number of hydrogen-bond acceptors (Lipinski definition) is 2. The molecule has 2 aromatic rings. The van der Waals surface area contributed by atoms with Crippen LogP contribution in [0, 0.1) is 0 Å². The first-order chi connectivity index (χ1) is 9.95. The number of benzene rings is 1. The summed E-state index contributed by atoms with van der Waals surface area (Å²) < 4.78 is 37.6. The number of alkyl halides is 3. The van der Waals surface area contributed by atoms with Gasteiger partial charge in [-0.2, -0.15) is 13.2 Å². The van der Waals surface area contributed by atoms with E-state index in [0.29, 0.717) is 12.1 Å². The Morgan fingerprint density at radius 1 is 1.10 bits per heavy atom. The zero-order chi connectivity index (χ0) is 15.3. The molecule has 1 heterocycles. The van der Waals surface area contributed by atoms with Crippen LogP contribution in [0.1, 0.15) is 16.0 Å². The summed E-state index contributed by atoms with van der Waals surface area (Å²) in [5, 5.41) is 7.07. The topological polar surface area (TPSA) is 41.1 Å². The van der Waals surface area contributed by atoms with Crippen LogP contribution in [0.2, 0.25) is 0 Å². The van der Waals surface area contributed by atoms with Gasteiger partial charge in [0.1, 0.15) is 0 Å². The van der Waals surface area contributed by atoms with Gasteiger partial charge in [-0.1, -0.05) is 18.2 Å². The van der Waals surface area contributed by atoms with Gasteiger partial charge in [-0.15, -0.1) is 11.3 Å². The van der Waals surface area contributed by atoms with Crippen molar-refractivity contribution in [1.29, 1.82) is 0 Å². The molecule has 0 saturated carbocycles. The first-order valence-electron chi connectivity index (χ1n) is 6.15. The fourth-order valence-electron chi connectivity index (χ4n) is 1.68. The number of thiophene rings is 1. The van der Waals surface area contributed by atoms with Gasteiger partial charge in [-0.05, 0) is 29.1 Å². The van der Waals surface area contributed by atoms with E-state index in [0.717, 1.165) is 17.0 Å². The Hall–Kier alpha value is -2.02. The Labute approximate surface area is 123 Å². The van der Waals surface area contributed by atoms with Gasteiger partial charge in [0.25, 0.3) is 0 Å². The molecule has 0 fully saturated rings. The average Bonchev–Trinajstić information content (AvgIpc) is 2.95. The highest BCUT2D eigenvalue weighted by atomic mass is 32.1. The van der Waals surface area contributed by atoms with E-state index in [9.17, 15) is 18.0 Å². The van der Waals surface area contributed by atoms with Crippen LogP contribution in [0.25, 0.3) is 0 Å². The first-order valence-corrected chi connectivity index (χ1v) is 7.03. The summed E-state index contributed by atoms with van der Waals surface area (Å²) in [6, 6.07) is 8.23. The highest BCUT2D eigenvalue weighted by Gasteiger charge is 2.30. The zero-order valence-electron chi connectivity index (χ0n) is 10.9. The minimum Gasteiger partial charge on any atom is -0.334 e. The SMILES string of the molecule is O=C(NCc1cccc(C(F)(F)F)c1)NCc1cccs1. The molecule has 0 aliphatic rings. The number of halogens is 3. The molecule has 2 amide bonds. The summed E-state index contributed by atoms with van der Waals surface area (Å²) in [6.45, 7) is 0.437. The van der Waals surface area contributed by atoms with Gasteiger partial charge in [0.05, 0.1) is 12.1 Å². The van der Waals surface area contributed by atoms with Crippen molar-refractivity contribution in [3.63, 3.8) is 0 Å². The maximum atomic E-state index is 12.5. The molecule has 0 aliphatic carbocycles. The summed E-state index contributed by atoms with van der Waals surface area (Å²) >= 11 is 1.52. The fraction of sp³-hybridized carbons (Fsp3) is 0.214. The third-order valence-corrected chi connectivity index (χ3v) is 3.59. The lowest BCUT2D eigenvalue weighted by atomic mass is 10.1. The molecule has 7 heteroatoms. The van der Waals surface area contributed by atoms with Crippen LogP contribution < -0.4 is 10.6 Å². The van der Waals surface area contributed by atoms with Crippen molar-refractivity contribution in [2.45, 2.75) is 19.3 Å². The molecule has 21 heavy (non-hydrogen) atoms. The average molecular weight is 314 g/mol. The van der Waals surface area contributed by atoms with E-state index in [-0.39, 0.29) is 6.54 Å². The van der Waals surface area contributed by atoms with Gasteiger partial charge in [-0.25, -0.2) is 4.79 Å². The number of rotatable bonds is 4. The molecular formula is C14H13F3N2OS. The van der Waals surface area contributed by atoms with E-state index in [1.807, 2.05) is 17.5 Å². The van der Waals surface area contributed by atoms with E-state index < -0.39 is 17.8 Å². The Balaban J connectivity index is 1.83. The van der Waals surface area contributed by atoms with E-state index in [2.05, 4.69) is 10.6 Å². The molecule has 0 atom stereocenters. The van der Waals surface area contributed by atoms with Crippen LogP contribution in [0.3, 0.4) is 0 Å². The molecule has 0 aliphatic heterocycles. The minimum atomic E-state index is -4.38. The van der Waals surface area contributed by atoms with Gasteiger partial charge < -0.3 is 10.6 Å². The lowest BCUT2D eigenvalue weighted by Gasteiger charge is -2.10. The predicted molar refractivity (Wildman–Crippen MR) is 74.8 cm³/mol. The highest BCUT2D eigenvalue weighted by Crippen LogP contribution is 2.29. The number of carbonyl (C=O) groups is 1. The van der Waals surface area contributed by atoms with Crippen LogP contribution in [-0.2, 0) is 19.3 Å². The minimum absolute atomic E-state index is 0.0419. The van der Waals surface area contributed by atoms with Crippen LogP contribution in [-0.4, -0.2) is 6.03 Å². The van der Waals surface area contributed by atoms with Crippen molar-refractivity contribution in [3.05, 3.63) is 57.8 Å². The Bertz CT molecular complexity index is 597. The van der Waals surface area contributed by atoms with Gasteiger partial charge in [0, 0.05) is 11.4 Å². The van der Waals surface area contributed by atoms with Crippen molar-refractivity contribution >= 4 is 17.4 Å². The van der Waals surface area contributed by atoms with Crippen LogP contribution >= 0.6 is 11.3 Å². The molecule has 2 N–H and O–H groups in total. The molecule has 2 rings (SSSR count). The van der Waals surface area contributed by atoms with Crippen molar-refractivity contribution in [2.24, 2.45) is 0 Å². The number of hydrogen-bond donors (Lipinski definition) is 2. The maximum absolute atomic E-state index is 12.5.